The van der Waals surface area contributed by atoms with Gasteiger partial charge in [0.2, 0.25) is 0 Å². The molecule has 0 aromatic heterocycles. The summed E-state index contributed by atoms with van der Waals surface area (Å²) in [5.41, 5.74) is 6.52. The normalized spacial score (nSPS) is 16.5. The Morgan fingerprint density at radius 3 is 1.53 bits per heavy atom. The number of anilines is 3. The Morgan fingerprint density at radius 2 is 1.11 bits per heavy atom. The van der Waals surface area contributed by atoms with Gasteiger partial charge >= 0.3 is 17.9 Å². The number of esters is 3. The average Bonchev–Trinajstić information content (AvgIpc) is 4.23. The zero-order valence-electron chi connectivity index (χ0n) is 42.3. The summed E-state index contributed by atoms with van der Waals surface area (Å²) in [6, 6.07) is 28.6. The SMILES string of the molecule is CCOC(=O)/C(C#N)=C\c1ccc(N(CCO)CC2=CC(CN(CCOCC3CO3)c3ccc(/C=C(/C#N)C(=O)OCC)cc3)CC(CN(CCOC3COC3)c3ccc(/C=C(/C#N)C(=O)OCC)cc3)=C2)cc1. The van der Waals surface area contributed by atoms with Gasteiger partial charge in [-0.25, -0.2) is 14.4 Å². The van der Waals surface area contributed by atoms with Crippen LogP contribution in [-0.2, 0) is 47.5 Å². The third-order valence-electron chi connectivity index (χ3n) is 12.0. The van der Waals surface area contributed by atoms with Gasteiger partial charge in [0.25, 0.3) is 0 Å². The topological polar surface area (TPSA) is 220 Å². The molecule has 0 radical (unpaired) electrons. The Balaban J connectivity index is 1.33. The largest absolute Gasteiger partial charge is 0.462 e. The maximum absolute atomic E-state index is 12.4. The van der Waals surface area contributed by atoms with E-state index in [2.05, 4.69) is 26.9 Å². The highest BCUT2D eigenvalue weighted by Crippen LogP contribution is 2.31. The lowest BCUT2D eigenvalue weighted by molar-refractivity contribution is -0.138. The third kappa shape index (κ3) is 17.3. The first-order valence-electron chi connectivity index (χ1n) is 24.9. The molecule has 2 heterocycles. The van der Waals surface area contributed by atoms with Crippen molar-refractivity contribution in [3.8, 4) is 18.2 Å². The molecule has 0 spiro atoms. The highest BCUT2D eigenvalue weighted by atomic mass is 16.6. The molecule has 1 N–H and O–H groups in total. The lowest BCUT2D eigenvalue weighted by atomic mass is 9.88. The Bertz CT molecular complexity index is 2650. The van der Waals surface area contributed by atoms with E-state index in [4.69, 9.17) is 33.2 Å². The van der Waals surface area contributed by atoms with Gasteiger partial charge in [-0.2, -0.15) is 15.8 Å². The van der Waals surface area contributed by atoms with Crippen LogP contribution in [0.25, 0.3) is 18.2 Å². The Hall–Kier alpha value is -7.56. The predicted molar refractivity (Wildman–Crippen MR) is 279 cm³/mol. The fraction of sp³-hybridized carbons (Fsp3) is 0.404. The van der Waals surface area contributed by atoms with E-state index in [1.54, 1.807) is 20.8 Å². The number of carbonyl (C=O) groups excluding carboxylic acids is 3. The maximum atomic E-state index is 12.4. The number of nitriles is 3. The van der Waals surface area contributed by atoms with E-state index in [1.165, 1.54) is 18.2 Å². The standard InChI is InChI=1S/C57H64N6O11/c1-4-70-55(65)47(31-58)28-41-7-13-50(14-8-41)61(19-22-64)34-44-25-45(35-62(20-23-68-37-54-40-74-54)51-15-9-42(10-16-51)29-48(32-59)56(66)71-5-2)27-46(26-44)36-63(21-24-73-53-38-69-39-53)52-17-11-43(12-18-52)30-49(33-60)57(67)72-6-3/h7-18,25-26,28-30,45,53-54,64H,4-6,19-24,27,34-40H2,1-3H3/b47-28-,48-29-,49-30-. The van der Waals surface area contributed by atoms with E-state index in [0.29, 0.717) is 102 Å². The molecule has 0 amide bonds. The highest BCUT2D eigenvalue weighted by molar-refractivity contribution is 5.99. The molecule has 74 heavy (non-hydrogen) atoms. The summed E-state index contributed by atoms with van der Waals surface area (Å²) in [5, 5.41) is 39.4. The first-order chi connectivity index (χ1) is 36.1. The monoisotopic (exact) mass is 1010 g/mol. The average molecular weight is 1010 g/mol. The predicted octanol–water partition coefficient (Wildman–Crippen LogP) is 6.61. The van der Waals surface area contributed by atoms with Gasteiger partial charge in [-0.05, 0) is 116 Å². The minimum atomic E-state index is -0.691. The van der Waals surface area contributed by atoms with Crippen molar-refractivity contribution in [2.75, 3.05) is 120 Å². The molecule has 2 aliphatic heterocycles. The minimum Gasteiger partial charge on any atom is -0.462 e. The van der Waals surface area contributed by atoms with Crippen LogP contribution in [0, 0.1) is 39.9 Å². The van der Waals surface area contributed by atoms with Gasteiger partial charge in [-0.15, -0.1) is 0 Å². The number of hydrogen-bond acceptors (Lipinski definition) is 17. The summed E-state index contributed by atoms with van der Waals surface area (Å²) in [5.74, 6) is -2.06. The molecule has 2 atom stereocenters. The van der Waals surface area contributed by atoms with Crippen LogP contribution in [0.4, 0.5) is 17.1 Å². The number of epoxide rings is 1. The molecule has 0 bridgehead atoms. The number of aliphatic hydroxyl groups excluding tert-OH is 1. The maximum Gasteiger partial charge on any atom is 0.348 e. The number of benzene rings is 3. The molecular formula is C57H64N6O11. The van der Waals surface area contributed by atoms with Crippen molar-refractivity contribution in [3.05, 3.63) is 130 Å². The van der Waals surface area contributed by atoms with Crippen LogP contribution in [0.5, 0.6) is 0 Å². The van der Waals surface area contributed by atoms with Crippen LogP contribution < -0.4 is 14.7 Å². The van der Waals surface area contributed by atoms with Gasteiger partial charge in [0.1, 0.15) is 47.1 Å². The van der Waals surface area contributed by atoms with Crippen molar-refractivity contribution in [2.24, 2.45) is 5.92 Å². The van der Waals surface area contributed by atoms with E-state index in [-0.39, 0.29) is 61.3 Å². The Kier molecular flexibility index (Phi) is 22.0. The molecule has 2 saturated heterocycles. The van der Waals surface area contributed by atoms with Crippen LogP contribution in [0.1, 0.15) is 43.9 Å². The fourth-order valence-corrected chi connectivity index (χ4v) is 8.26. The van der Waals surface area contributed by atoms with E-state index in [9.17, 15) is 35.3 Å². The number of carbonyl (C=O) groups is 3. The zero-order chi connectivity index (χ0) is 52.7. The number of aliphatic hydroxyl groups is 1. The molecular weight excluding hydrogens is 945 g/mol. The summed E-state index contributed by atoms with van der Waals surface area (Å²) >= 11 is 0. The van der Waals surface area contributed by atoms with Crippen molar-refractivity contribution in [1.82, 2.24) is 0 Å². The first kappa shape index (κ1) is 55.7. The first-order valence-corrected chi connectivity index (χ1v) is 24.9. The van der Waals surface area contributed by atoms with Gasteiger partial charge in [-0.3, -0.25) is 0 Å². The van der Waals surface area contributed by atoms with Crippen molar-refractivity contribution in [1.29, 1.82) is 15.8 Å². The van der Waals surface area contributed by atoms with E-state index in [0.717, 1.165) is 28.2 Å². The number of hydrogen-bond donors (Lipinski definition) is 1. The number of rotatable bonds is 29. The second-order valence-corrected chi connectivity index (χ2v) is 17.5. The highest BCUT2D eigenvalue weighted by Gasteiger charge is 2.26. The molecule has 0 saturated carbocycles. The molecule has 17 nitrogen and oxygen atoms in total. The number of ether oxygens (including phenoxy) is 7. The molecule has 6 rings (SSSR count). The smallest absolute Gasteiger partial charge is 0.348 e. The lowest BCUT2D eigenvalue weighted by Gasteiger charge is -2.34. The minimum absolute atomic E-state index is 0.00821. The molecule has 1 aliphatic carbocycles. The van der Waals surface area contributed by atoms with Crippen LogP contribution in [-0.4, -0.2) is 141 Å². The third-order valence-corrected chi connectivity index (χ3v) is 12.0. The second kappa shape index (κ2) is 29.2. The van der Waals surface area contributed by atoms with Crippen LogP contribution in [0.2, 0.25) is 0 Å². The molecule has 388 valence electrons. The summed E-state index contributed by atoms with van der Waals surface area (Å²) in [6.07, 6.45) is 9.86. The zero-order valence-corrected chi connectivity index (χ0v) is 42.3. The fourth-order valence-electron chi connectivity index (χ4n) is 8.26. The second-order valence-electron chi connectivity index (χ2n) is 17.5. The van der Waals surface area contributed by atoms with Crippen molar-refractivity contribution >= 4 is 53.2 Å². The van der Waals surface area contributed by atoms with E-state index in [1.807, 2.05) is 91.0 Å². The number of nitrogens with zero attached hydrogens (tertiary/aromatic N) is 6. The van der Waals surface area contributed by atoms with Gasteiger partial charge in [0.05, 0.1) is 66.1 Å². The van der Waals surface area contributed by atoms with Crippen LogP contribution in [0.3, 0.4) is 0 Å². The Morgan fingerprint density at radius 1 is 0.649 bits per heavy atom. The summed E-state index contributed by atoms with van der Waals surface area (Å²) in [7, 11) is 0. The summed E-state index contributed by atoms with van der Waals surface area (Å²) in [4.78, 5) is 43.8. The van der Waals surface area contributed by atoms with Crippen molar-refractivity contribution in [3.63, 3.8) is 0 Å². The Labute approximate surface area is 433 Å². The van der Waals surface area contributed by atoms with Crippen molar-refractivity contribution in [2.45, 2.75) is 39.4 Å². The van der Waals surface area contributed by atoms with Gasteiger partial charge in [0, 0.05) is 56.3 Å². The van der Waals surface area contributed by atoms with E-state index >= 15 is 0 Å². The van der Waals surface area contributed by atoms with E-state index < -0.39 is 17.9 Å². The van der Waals surface area contributed by atoms with Gasteiger partial charge in [0.15, 0.2) is 0 Å². The summed E-state index contributed by atoms with van der Waals surface area (Å²) < 4.78 is 38.2. The van der Waals surface area contributed by atoms with Crippen molar-refractivity contribution < 1.29 is 52.6 Å². The molecule has 3 aliphatic rings. The quantitative estimate of drug-likeness (QED) is 0.0193. The molecule has 3 aromatic carbocycles. The molecule has 17 heteroatoms. The molecule has 3 aromatic rings. The summed E-state index contributed by atoms with van der Waals surface area (Å²) in [6.45, 7) is 11.6. The van der Waals surface area contributed by atoms with Crippen LogP contribution >= 0.6 is 0 Å². The molecule has 2 unspecified atom stereocenters. The van der Waals surface area contributed by atoms with Gasteiger partial charge < -0.3 is 53.0 Å². The lowest BCUT2D eigenvalue weighted by Crippen LogP contribution is -2.39. The molecule has 2 fully saturated rings. The van der Waals surface area contributed by atoms with Gasteiger partial charge in [-0.1, -0.05) is 48.6 Å². The van der Waals surface area contributed by atoms with Crippen LogP contribution in [0.15, 0.2) is 113 Å².